The van der Waals surface area contributed by atoms with Crippen LogP contribution >= 0.6 is 0 Å². The van der Waals surface area contributed by atoms with Crippen molar-refractivity contribution in [2.75, 3.05) is 20.4 Å². The molecule has 0 aromatic heterocycles. The second kappa shape index (κ2) is 8.13. The lowest BCUT2D eigenvalue weighted by atomic mass is 9.73. The Morgan fingerprint density at radius 1 is 1.25 bits per heavy atom. The van der Waals surface area contributed by atoms with Crippen LogP contribution in [0.2, 0.25) is 0 Å². The van der Waals surface area contributed by atoms with Gasteiger partial charge in [0.05, 0.1) is 25.9 Å². The number of ketones is 1. The number of carbonyl (C=O) groups excluding carboxylic acids is 1. The van der Waals surface area contributed by atoms with Crippen molar-refractivity contribution >= 4 is 5.78 Å². The normalized spacial score (nSPS) is 31.1. The summed E-state index contributed by atoms with van der Waals surface area (Å²) in [6, 6.07) is 7.77. The van der Waals surface area contributed by atoms with Gasteiger partial charge >= 0.3 is 0 Å². The molecule has 5 unspecified atom stereocenters. The predicted octanol–water partition coefficient (Wildman–Crippen LogP) is 3.37. The number of fused-ring (bicyclic) bond motifs is 3. The van der Waals surface area contributed by atoms with Crippen molar-refractivity contribution in [1.29, 1.82) is 0 Å². The van der Waals surface area contributed by atoms with E-state index in [4.69, 9.17) is 18.9 Å². The highest BCUT2D eigenvalue weighted by Crippen LogP contribution is 2.41. The maximum Gasteiger partial charge on any atom is 0.208 e. The van der Waals surface area contributed by atoms with Gasteiger partial charge in [-0.05, 0) is 38.3 Å². The maximum atomic E-state index is 13.1. The molecule has 0 bridgehead atoms. The third kappa shape index (κ3) is 3.51. The molecular weight excluding hydrogens is 358 g/mol. The first kappa shape index (κ1) is 19.3. The highest BCUT2D eigenvalue weighted by Gasteiger charge is 2.49. The standard InChI is InChI=1S/C22H29NO5/c1-4-14(2)23-11-16-17(27-13-23)10-9-15-21(24)20(12-26-22(15)16)28-19-8-6-5-7-18(19)25-3/h5-8,12,14-17,22H,4,9-11,13H2,1-3H3. The summed E-state index contributed by atoms with van der Waals surface area (Å²) in [4.78, 5) is 15.5. The molecule has 1 saturated carbocycles. The minimum atomic E-state index is -0.184. The first-order chi connectivity index (χ1) is 13.6. The molecule has 0 amide bonds. The van der Waals surface area contributed by atoms with Crippen molar-refractivity contribution in [3.8, 4) is 11.5 Å². The van der Waals surface area contributed by atoms with Gasteiger partial charge in [-0.1, -0.05) is 19.1 Å². The van der Waals surface area contributed by atoms with Crippen molar-refractivity contribution in [3.05, 3.63) is 36.3 Å². The molecular formula is C22H29NO5. The number of methoxy groups -OCH3 is 1. The molecule has 28 heavy (non-hydrogen) atoms. The van der Waals surface area contributed by atoms with E-state index in [1.165, 1.54) is 6.26 Å². The third-order valence-corrected chi connectivity index (χ3v) is 6.37. The molecule has 0 radical (unpaired) electrons. The lowest BCUT2D eigenvalue weighted by molar-refractivity contribution is -0.179. The first-order valence-electron chi connectivity index (χ1n) is 10.2. The van der Waals surface area contributed by atoms with E-state index in [1.807, 2.05) is 12.1 Å². The molecule has 6 nitrogen and oxygen atoms in total. The quantitative estimate of drug-likeness (QED) is 0.772. The molecule has 152 valence electrons. The second-order valence-corrected chi connectivity index (χ2v) is 7.91. The zero-order valence-corrected chi connectivity index (χ0v) is 16.8. The molecule has 2 aliphatic heterocycles. The van der Waals surface area contributed by atoms with Crippen LogP contribution in [-0.4, -0.2) is 49.3 Å². The number of rotatable bonds is 5. The van der Waals surface area contributed by atoms with Crippen LogP contribution in [0, 0.1) is 11.8 Å². The number of hydrogen-bond acceptors (Lipinski definition) is 6. The Balaban J connectivity index is 1.51. The average Bonchev–Trinajstić information content (AvgIpc) is 2.74. The van der Waals surface area contributed by atoms with Gasteiger partial charge in [0.25, 0.3) is 0 Å². The van der Waals surface area contributed by atoms with Crippen molar-refractivity contribution in [2.45, 2.75) is 51.4 Å². The summed E-state index contributed by atoms with van der Waals surface area (Å²) >= 11 is 0. The Kier molecular flexibility index (Phi) is 5.60. The van der Waals surface area contributed by atoms with Crippen LogP contribution in [0.1, 0.15) is 33.1 Å². The van der Waals surface area contributed by atoms with Gasteiger partial charge in [-0.25, -0.2) is 0 Å². The molecule has 0 spiro atoms. The van der Waals surface area contributed by atoms with Crippen molar-refractivity contribution in [2.24, 2.45) is 11.8 Å². The van der Waals surface area contributed by atoms with Crippen LogP contribution in [0.4, 0.5) is 0 Å². The van der Waals surface area contributed by atoms with Gasteiger partial charge in [-0.2, -0.15) is 0 Å². The number of nitrogens with zero attached hydrogens (tertiary/aromatic N) is 1. The number of para-hydroxylation sites is 2. The van der Waals surface area contributed by atoms with Gasteiger partial charge in [0.15, 0.2) is 11.5 Å². The van der Waals surface area contributed by atoms with Crippen LogP contribution < -0.4 is 9.47 Å². The summed E-state index contributed by atoms with van der Waals surface area (Å²) in [6.07, 6.45) is 4.23. The summed E-state index contributed by atoms with van der Waals surface area (Å²) in [6.45, 7) is 5.98. The van der Waals surface area contributed by atoms with Crippen molar-refractivity contribution in [1.82, 2.24) is 4.90 Å². The fraction of sp³-hybridized carbons (Fsp3) is 0.591. The molecule has 1 aliphatic carbocycles. The van der Waals surface area contributed by atoms with Gasteiger partial charge in [0.1, 0.15) is 12.4 Å². The zero-order valence-electron chi connectivity index (χ0n) is 16.8. The molecule has 6 heteroatoms. The van der Waals surface area contributed by atoms with Gasteiger partial charge in [0.2, 0.25) is 11.5 Å². The summed E-state index contributed by atoms with van der Waals surface area (Å²) in [5.74, 6) is 1.39. The van der Waals surface area contributed by atoms with E-state index in [0.717, 1.165) is 25.8 Å². The Hall–Kier alpha value is -2.05. The van der Waals surface area contributed by atoms with E-state index in [2.05, 4.69) is 18.7 Å². The molecule has 1 aromatic rings. The maximum absolute atomic E-state index is 13.1. The molecule has 1 saturated heterocycles. The molecule has 5 atom stereocenters. The molecule has 2 heterocycles. The second-order valence-electron chi connectivity index (χ2n) is 7.91. The first-order valence-corrected chi connectivity index (χ1v) is 10.2. The predicted molar refractivity (Wildman–Crippen MR) is 104 cm³/mol. The summed E-state index contributed by atoms with van der Waals surface area (Å²) < 4.78 is 23.4. The Bertz CT molecular complexity index is 748. The van der Waals surface area contributed by atoms with Crippen LogP contribution in [0.25, 0.3) is 0 Å². The third-order valence-electron chi connectivity index (χ3n) is 6.37. The van der Waals surface area contributed by atoms with E-state index < -0.39 is 0 Å². The fourth-order valence-corrected chi connectivity index (χ4v) is 4.49. The van der Waals surface area contributed by atoms with Crippen LogP contribution in [0.5, 0.6) is 11.5 Å². The highest BCUT2D eigenvalue weighted by atomic mass is 16.5. The zero-order chi connectivity index (χ0) is 19.7. The van der Waals surface area contributed by atoms with Gasteiger partial charge in [-0.3, -0.25) is 9.69 Å². The summed E-state index contributed by atoms with van der Waals surface area (Å²) in [7, 11) is 1.58. The highest BCUT2D eigenvalue weighted by molar-refractivity contribution is 5.96. The number of carbonyl (C=O) groups is 1. The lowest BCUT2D eigenvalue weighted by Gasteiger charge is -2.49. The SMILES string of the molecule is CCC(C)N1COC2CCC3C(=O)C(Oc4ccccc4OC)=COC3C2C1. The fourth-order valence-electron chi connectivity index (χ4n) is 4.49. The summed E-state index contributed by atoms with van der Waals surface area (Å²) in [5.41, 5.74) is 0. The lowest BCUT2D eigenvalue weighted by Crippen LogP contribution is -2.58. The van der Waals surface area contributed by atoms with Crippen LogP contribution in [0.3, 0.4) is 0 Å². The number of allylic oxidation sites excluding steroid dienone is 1. The minimum Gasteiger partial charge on any atom is -0.493 e. The molecule has 1 aromatic carbocycles. The van der Waals surface area contributed by atoms with E-state index in [1.54, 1.807) is 19.2 Å². The number of ether oxygens (including phenoxy) is 4. The largest absolute Gasteiger partial charge is 0.493 e. The molecule has 2 fully saturated rings. The number of hydrogen-bond donors (Lipinski definition) is 0. The van der Waals surface area contributed by atoms with E-state index in [9.17, 15) is 4.79 Å². The topological polar surface area (TPSA) is 57.2 Å². The van der Waals surface area contributed by atoms with Crippen molar-refractivity contribution < 1.29 is 23.7 Å². The van der Waals surface area contributed by atoms with Gasteiger partial charge in [-0.15, -0.1) is 0 Å². The molecule has 4 rings (SSSR count). The number of benzene rings is 1. The molecule has 3 aliphatic rings. The van der Waals surface area contributed by atoms with Crippen molar-refractivity contribution in [3.63, 3.8) is 0 Å². The Morgan fingerprint density at radius 3 is 2.79 bits per heavy atom. The smallest absolute Gasteiger partial charge is 0.208 e. The Labute approximate surface area is 166 Å². The molecule has 0 N–H and O–H groups in total. The average molecular weight is 387 g/mol. The summed E-state index contributed by atoms with van der Waals surface area (Å²) in [5, 5.41) is 0. The van der Waals surface area contributed by atoms with E-state index >= 15 is 0 Å². The van der Waals surface area contributed by atoms with E-state index in [0.29, 0.717) is 24.3 Å². The van der Waals surface area contributed by atoms with Crippen LogP contribution in [0.15, 0.2) is 36.3 Å². The van der Waals surface area contributed by atoms with Gasteiger partial charge < -0.3 is 18.9 Å². The Morgan fingerprint density at radius 2 is 2.04 bits per heavy atom. The van der Waals surface area contributed by atoms with Gasteiger partial charge in [0, 0.05) is 18.5 Å². The minimum absolute atomic E-state index is 0.0151. The van der Waals surface area contributed by atoms with E-state index in [-0.39, 0.29) is 35.6 Å². The monoisotopic (exact) mass is 387 g/mol. The number of Topliss-reactive ketones (excluding diaryl/α,β-unsaturated/α-hetero) is 1. The van der Waals surface area contributed by atoms with Crippen LogP contribution in [-0.2, 0) is 14.3 Å².